The zero-order valence-electron chi connectivity index (χ0n) is 13.5. The molecule has 132 valence electrons. The number of benzene rings is 1. The van der Waals surface area contributed by atoms with E-state index in [4.69, 9.17) is 0 Å². The van der Waals surface area contributed by atoms with Crippen LogP contribution in [-0.2, 0) is 17.5 Å². The summed E-state index contributed by atoms with van der Waals surface area (Å²) in [5, 5.41) is 4.92. The van der Waals surface area contributed by atoms with Crippen molar-refractivity contribution in [3.8, 4) is 0 Å². The van der Waals surface area contributed by atoms with Crippen molar-refractivity contribution < 1.29 is 22.8 Å². The third kappa shape index (κ3) is 5.23. The van der Waals surface area contributed by atoms with Crippen LogP contribution in [0.25, 0.3) is 0 Å². The van der Waals surface area contributed by atoms with E-state index in [2.05, 4.69) is 10.6 Å². The number of nitrogens with one attached hydrogen (secondary N) is 2. The van der Waals surface area contributed by atoms with E-state index in [1.165, 1.54) is 12.1 Å². The molecule has 0 heterocycles. The molecule has 1 aliphatic rings. The second kappa shape index (κ2) is 7.21. The Morgan fingerprint density at radius 2 is 1.83 bits per heavy atom. The summed E-state index contributed by atoms with van der Waals surface area (Å²) in [5.41, 5.74) is -0.0657. The van der Waals surface area contributed by atoms with Gasteiger partial charge in [0.25, 0.3) is 0 Å². The monoisotopic (exact) mass is 343 g/mol. The van der Waals surface area contributed by atoms with E-state index in [-0.39, 0.29) is 12.6 Å². The molecule has 2 rings (SSSR count). The number of imide groups is 1. The minimum atomic E-state index is -4.37. The Bertz CT molecular complexity index is 598. The van der Waals surface area contributed by atoms with Crippen molar-refractivity contribution in [2.75, 3.05) is 7.05 Å². The predicted octanol–water partition coefficient (Wildman–Crippen LogP) is 2.51. The fourth-order valence-electron chi connectivity index (χ4n) is 2.09. The summed E-state index contributed by atoms with van der Waals surface area (Å²) in [7, 11) is 1.67. The van der Waals surface area contributed by atoms with Crippen LogP contribution in [0.3, 0.4) is 0 Å². The zero-order valence-corrected chi connectivity index (χ0v) is 13.5. The summed E-state index contributed by atoms with van der Waals surface area (Å²) in [6.07, 6.45) is -2.53. The van der Waals surface area contributed by atoms with Crippen LogP contribution in [0.15, 0.2) is 24.3 Å². The van der Waals surface area contributed by atoms with Crippen molar-refractivity contribution >= 4 is 11.9 Å². The van der Waals surface area contributed by atoms with Crippen molar-refractivity contribution in [2.45, 2.75) is 44.6 Å². The fraction of sp³-hybridized carbons (Fsp3) is 0.500. The fourth-order valence-corrected chi connectivity index (χ4v) is 2.09. The number of carbonyl (C=O) groups excluding carboxylic acids is 2. The molecule has 0 spiro atoms. The van der Waals surface area contributed by atoms with Gasteiger partial charge in [0.05, 0.1) is 11.6 Å². The topological polar surface area (TPSA) is 61.4 Å². The number of hydrogen-bond acceptors (Lipinski definition) is 3. The van der Waals surface area contributed by atoms with E-state index in [1.54, 1.807) is 18.9 Å². The molecular formula is C16H20F3N3O2. The third-order valence-corrected chi connectivity index (χ3v) is 3.90. The Labute approximate surface area is 138 Å². The van der Waals surface area contributed by atoms with Crippen LogP contribution in [0.2, 0.25) is 0 Å². The van der Waals surface area contributed by atoms with E-state index in [0.29, 0.717) is 5.56 Å². The highest BCUT2D eigenvalue weighted by Crippen LogP contribution is 2.29. The molecular weight excluding hydrogens is 323 g/mol. The second-order valence-electron chi connectivity index (χ2n) is 6.02. The van der Waals surface area contributed by atoms with Gasteiger partial charge in [0.2, 0.25) is 5.91 Å². The summed E-state index contributed by atoms with van der Waals surface area (Å²) in [4.78, 5) is 25.2. The predicted molar refractivity (Wildman–Crippen MR) is 82.1 cm³/mol. The van der Waals surface area contributed by atoms with Crippen LogP contribution < -0.4 is 10.6 Å². The van der Waals surface area contributed by atoms with Gasteiger partial charge in [-0.2, -0.15) is 13.2 Å². The molecule has 1 aromatic carbocycles. The van der Waals surface area contributed by atoms with Crippen molar-refractivity contribution in [2.24, 2.45) is 0 Å². The lowest BCUT2D eigenvalue weighted by molar-refractivity contribution is -0.137. The molecule has 0 aliphatic heterocycles. The molecule has 0 bridgehead atoms. The third-order valence-electron chi connectivity index (χ3n) is 3.90. The molecule has 8 heteroatoms. The molecule has 3 amide bonds. The lowest BCUT2D eigenvalue weighted by Gasteiger charge is -2.23. The van der Waals surface area contributed by atoms with Gasteiger partial charge in [0.1, 0.15) is 0 Å². The number of amides is 3. The van der Waals surface area contributed by atoms with Gasteiger partial charge >= 0.3 is 12.2 Å². The maximum Gasteiger partial charge on any atom is 0.416 e. The maximum absolute atomic E-state index is 12.5. The van der Waals surface area contributed by atoms with Gasteiger partial charge in [-0.25, -0.2) is 4.79 Å². The van der Waals surface area contributed by atoms with Gasteiger partial charge in [0.15, 0.2) is 0 Å². The average molecular weight is 343 g/mol. The molecule has 0 aromatic heterocycles. The van der Waals surface area contributed by atoms with Crippen LogP contribution in [0.5, 0.6) is 0 Å². The van der Waals surface area contributed by atoms with E-state index in [0.717, 1.165) is 25.0 Å². The second-order valence-corrected chi connectivity index (χ2v) is 6.02. The first-order valence-electron chi connectivity index (χ1n) is 7.64. The van der Waals surface area contributed by atoms with E-state index >= 15 is 0 Å². The van der Waals surface area contributed by atoms with Gasteiger partial charge in [-0.3, -0.25) is 15.0 Å². The highest BCUT2D eigenvalue weighted by molar-refractivity contribution is 5.96. The molecule has 5 nitrogen and oxygen atoms in total. The number of carbonyl (C=O) groups is 2. The Balaban J connectivity index is 1.86. The first kappa shape index (κ1) is 18.3. The van der Waals surface area contributed by atoms with Crippen LogP contribution in [0.4, 0.5) is 18.0 Å². The molecule has 0 radical (unpaired) electrons. The van der Waals surface area contributed by atoms with Crippen molar-refractivity contribution in [1.29, 1.82) is 0 Å². The van der Waals surface area contributed by atoms with Crippen LogP contribution in [-0.4, -0.2) is 36.0 Å². The zero-order chi connectivity index (χ0) is 17.9. The molecule has 24 heavy (non-hydrogen) atoms. The van der Waals surface area contributed by atoms with Gasteiger partial charge in [-0.15, -0.1) is 0 Å². The standard InChI is InChI=1S/C16H20F3N3O2/c1-10(14(23)21-15(24)20-13-7-8-13)22(2)9-11-3-5-12(6-4-11)16(17,18)19/h3-6,10,13H,7-9H2,1-2H3,(H2,20,21,23,24). The minimum absolute atomic E-state index is 0.151. The summed E-state index contributed by atoms with van der Waals surface area (Å²) in [5.74, 6) is -0.456. The first-order valence-corrected chi connectivity index (χ1v) is 7.64. The normalized spacial score (nSPS) is 15.9. The number of hydrogen-bond donors (Lipinski definition) is 2. The van der Waals surface area contributed by atoms with Crippen LogP contribution in [0.1, 0.15) is 30.9 Å². The van der Waals surface area contributed by atoms with Crippen molar-refractivity contribution in [1.82, 2.24) is 15.5 Å². The summed E-state index contributed by atoms with van der Waals surface area (Å²) in [6.45, 7) is 1.92. The molecule has 1 aliphatic carbocycles. The van der Waals surface area contributed by atoms with Gasteiger partial charge in [0, 0.05) is 12.6 Å². The van der Waals surface area contributed by atoms with Gasteiger partial charge < -0.3 is 5.32 Å². The average Bonchev–Trinajstić information content (AvgIpc) is 3.29. The Morgan fingerprint density at radius 3 is 2.33 bits per heavy atom. The molecule has 2 N–H and O–H groups in total. The molecule has 1 atom stereocenters. The molecule has 0 saturated heterocycles. The van der Waals surface area contributed by atoms with Crippen molar-refractivity contribution in [3.63, 3.8) is 0 Å². The first-order chi connectivity index (χ1) is 11.2. The maximum atomic E-state index is 12.5. The smallest absolute Gasteiger partial charge is 0.335 e. The van der Waals surface area contributed by atoms with E-state index < -0.39 is 29.7 Å². The number of likely N-dealkylation sites (N-methyl/N-ethyl adjacent to an activating group) is 1. The highest BCUT2D eigenvalue weighted by Gasteiger charge is 2.30. The quantitative estimate of drug-likeness (QED) is 0.864. The summed E-state index contributed by atoms with van der Waals surface area (Å²) in [6, 6.07) is 3.81. The molecule has 1 aromatic rings. The van der Waals surface area contributed by atoms with E-state index in [1.807, 2.05) is 0 Å². The summed E-state index contributed by atoms with van der Waals surface area (Å²) < 4.78 is 37.6. The minimum Gasteiger partial charge on any atom is -0.335 e. The lowest BCUT2D eigenvalue weighted by atomic mass is 10.1. The highest BCUT2D eigenvalue weighted by atomic mass is 19.4. The van der Waals surface area contributed by atoms with Gasteiger partial charge in [-0.05, 0) is 44.5 Å². The van der Waals surface area contributed by atoms with Gasteiger partial charge in [-0.1, -0.05) is 12.1 Å². The molecule has 1 saturated carbocycles. The number of nitrogens with zero attached hydrogens (tertiary/aromatic N) is 1. The van der Waals surface area contributed by atoms with Crippen molar-refractivity contribution in [3.05, 3.63) is 35.4 Å². The molecule has 1 unspecified atom stereocenters. The SMILES string of the molecule is CC(C(=O)NC(=O)NC1CC1)N(C)Cc1ccc(C(F)(F)F)cc1. The number of rotatable bonds is 5. The lowest BCUT2D eigenvalue weighted by Crippen LogP contribution is -2.48. The van der Waals surface area contributed by atoms with E-state index in [9.17, 15) is 22.8 Å². The Hall–Kier alpha value is -2.09. The van der Waals surface area contributed by atoms with Crippen LogP contribution >= 0.6 is 0 Å². The largest absolute Gasteiger partial charge is 0.416 e. The summed E-state index contributed by atoms with van der Waals surface area (Å²) >= 11 is 0. The number of halogens is 3. The Kier molecular flexibility index (Phi) is 5.48. The number of alkyl halides is 3. The Morgan fingerprint density at radius 1 is 1.25 bits per heavy atom. The molecule has 1 fully saturated rings. The van der Waals surface area contributed by atoms with Crippen LogP contribution in [0, 0.1) is 0 Å². The number of urea groups is 1.